The van der Waals surface area contributed by atoms with Crippen molar-refractivity contribution in [3.8, 4) is 23.1 Å². The predicted molar refractivity (Wildman–Crippen MR) is 187 cm³/mol. The van der Waals surface area contributed by atoms with Gasteiger partial charge in [-0.15, -0.1) is 0 Å². The standard InChI is InChI=1S/C37H48FN7O5/c1-22-17-26-25(18-39-43-26)28(23(22)2)31-30(38)32-29(34(40-31)47-4)33(44-13-16-49-20-36(3,46)19-44)42-35(41-32)50-21-37-10-5-7-27(37)45(12-6-11-37)24-8-14-48-15-9-24/h17-18,24,27,46H,5-16,19-21H2,1-4H3,(H,39,43)/t27?,36-,37?/m0/s1. The number of nitrogens with one attached hydrogen (secondary N) is 1. The summed E-state index contributed by atoms with van der Waals surface area (Å²) in [7, 11) is 1.52. The lowest BCUT2D eigenvalue weighted by Gasteiger charge is -2.50. The minimum atomic E-state index is -1.16. The number of aryl methyl sites for hydroxylation is 1. The number of piperidine rings is 1. The summed E-state index contributed by atoms with van der Waals surface area (Å²) in [5, 5.41) is 19.5. The first-order valence-electron chi connectivity index (χ1n) is 18.1. The lowest BCUT2D eigenvalue weighted by Crippen LogP contribution is -2.56. The fourth-order valence-corrected chi connectivity index (χ4v) is 9.13. The quantitative estimate of drug-likeness (QED) is 0.268. The number of aliphatic hydroxyl groups is 1. The molecule has 3 aromatic heterocycles. The number of hydrogen-bond acceptors (Lipinski definition) is 11. The highest BCUT2D eigenvalue weighted by Gasteiger charge is 2.50. The smallest absolute Gasteiger partial charge is 0.319 e. The Morgan fingerprint density at radius 3 is 2.70 bits per heavy atom. The van der Waals surface area contributed by atoms with Crippen molar-refractivity contribution in [2.24, 2.45) is 5.41 Å². The Kier molecular flexibility index (Phi) is 8.81. The molecule has 0 bridgehead atoms. The summed E-state index contributed by atoms with van der Waals surface area (Å²) >= 11 is 0. The highest BCUT2D eigenvalue weighted by atomic mass is 19.1. The molecule has 2 N–H and O–H groups in total. The van der Waals surface area contributed by atoms with E-state index in [1.165, 1.54) is 7.11 Å². The van der Waals surface area contributed by atoms with Gasteiger partial charge in [0.25, 0.3) is 0 Å². The largest absolute Gasteiger partial charge is 0.480 e. The van der Waals surface area contributed by atoms with Gasteiger partial charge in [0.15, 0.2) is 5.82 Å². The van der Waals surface area contributed by atoms with E-state index < -0.39 is 11.4 Å². The molecule has 13 heteroatoms. The summed E-state index contributed by atoms with van der Waals surface area (Å²) in [6.45, 7) is 10.0. The summed E-state index contributed by atoms with van der Waals surface area (Å²) in [4.78, 5) is 19.2. The van der Waals surface area contributed by atoms with Crippen LogP contribution in [-0.4, -0.2) is 113 Å². The van der Waals surface area contributed by atoms with E-state index in [-0.39, 0.29) is 41.7 Å². The van der Waals surface area contributed by atoms with Gasteiger partial charge in [-0.1, -0.05) is 6.42 Å². The Hall–Kier alpha value is -3.65. The number of fused-ring (bicyclic) bond motifs is 3. The molecule has 268 valence electrons. The highest BCUT2D eigenvalue weighted by molar-refractivity contribution is 6.01. The maximum Gasteiger partial charge on any atom is 0.319 e. The minimum Gasteiger partial charge on any atom is -0.480 e. The highest BCUT2D eigenvalue weighted by Crippen LogP contribution is 2.49. The molecule has 0 spiro atoms. The third kappa shape index (κ3) is 5.85. The number of nitrogens with zero attached hydrogens (tertiary/aromatic N) is 6. The topological polar surface area (TPSA) is 131 Å². The number of anilines is 1. The van der Waals surface area contributed by atoms with Gasteiger partial charge in [-0.05, 0) is 83.0 Å². The van der Waals surface area contributed by atoms with Gasteiger partial charge in [-0.2, -0.15) is 15.1 Å². The van der Waals surface area contributed by atoms with Gasteiger partial charge in [-0.25, -0.2) is 9.37 Å². The molecule has 2 unspecified atom stereocenters. The fraction of sp³-hybridized carbons (Fsp3) is 0.622. The van der Waals surface area contributed by atoms with Gasteiger partial charge in [0.05, 0.1) is 45.2 Å². The molecule has 1 aliphatic carbocycles. The lowest BCUT2D eigenvalue weighted by atomic mass is 9.74. The van der Waals surface area contributed by atoms with Crippen LogP contribution in [0, 0.1) is 25.1 Å². The van der Waals surface area contributed by atoms with E-state index in [1.807, 2.05) is 24.8 Å². The van der Waals surface area contributed by atoms with Crippen LogP contribution in [-0.2, 0) is 9.47 Å². The summed E-state index contributed by atoms with van der Waals surface area (Å²) < 4.78 is 41.2. The van der Waals surface area contributed by atoms with Crippen molar-refractivity contribution in [1.29, 1.82) is 0 Å². The number of benzene rings is 1. The van der Waals surface area contributed by atoms with Crippen molar-refractivity contribution in [3.05, 3.63) is 29.2 Å². The van der Waals surface area contributed by atoms with E-state index in [0.29, 0.717) is 48.6 Å². The summed E-state index contributed by atoms with van der Waals surface area (Å²) in [5.74, 6) is -0.00862. The number of β-amino-alcohol motifs (C(OH)–C–C–N with tert-alkyl or cyclic N) is 1. The van der Waals surface area contributed by atoms with Crippen LogP contribution < -0.4 is 14.4 Å². The average molecular weight is 690 g/mol. The van der Waals surface area contributed by atoms with Gasteiger partial charge >= 0.3 is 6.01 Å². The molecule has 12 nitrogen and oxygen atoms in total. The second-order valence-electron chi connectivity index (χ2n) is 15.1. The number of pyridine rings is 1. The maximum atomic E-state index is 17.2. The van der Waals surface area contributed by atoms with Gasteiger partial charge in [0, 0.05) is 48.2 Å². The van der Waals surface area contributed by atoms with Crippen molar-refractivity contribution < 1.29 is 28.4 Å². The van der Waals surface area contributed by atoms with Gasteiger partial charge in [0.2, 0.25) is 5.88 Å². The van der Waals surface area contributed by atoms with E-state index in [1.54, 1.807) is 13.1 Å². The molecule has 1 aromatic carbocycles. The van der Waals surface area contributed by atoms with E-state index in [9.17, 15) is 5.11 Å². The number of ether oxygens (including phenoxy) is 4. The van der Waals surface area contributed by atoms with Crippen LogP contribution in [0.25, 0.3) is 33.1 Å². The first-order valence-corrected chi connectivity index (χ1v) is 18.1. The molecule has 4 fully saturated rings. The Morgan fingerprint density at radius 2 is 1.88 bits per heavy atom. The van der Waals surface area contributed by atoms with Crippen molar-refractivity contribution >= 4 is 27.6 Å². The second-order valence-corrected chi connectivity index (χ2v) is 15.1. The van der Waals surface area contributed by atoms with E-state index in [4.69, 9.17) is 33.9 Å². The van der Waals surface area contributed by atoms with Crippen LogP contribution in [0.2, 0.25) is 0 Å². The predicted octanol–water partition coefficient (Wildman–Crippen LogP) is 5.11. The zero-order chi connectivity index (χ0) is 34.6. The number of aromatic amines is 1. The number of H-pyrrole nitrogens is 1. The number of likely N-dealkylation sites (tertiary alicyclic amines) is 1. The molecule has 3 saturated heterocycles. The second kappa shape index (κ2) is 13.2. The normalized spacial score (nSPS) is 26.8. The molecular weight excluding hydrogens is 641 g/mol. The van der Waals surface area contributed by atoms with Crippen molar-refractivity contribution in [1.82, 2.24) is 30.0 Å². The molecule has 4 aromatic rings. The number of methoxy groups -OCH3 is 1. The monoisotopic (exact) mass is 689 g/mol. The minimum absolute atomic E-state index is 0.0274. The zero-order valence-electron chi connectivity index (χ0n) is 29.6. The summed E-state index contributed by atoms with van der Waals surface area (Å²) in [6, 6.07) is 3.06. The molecule has 50 heavy (non-hydrogen) atoms. The van der Waals surface area contributed by atoms with Crippen molar-refractivity contribution in [2.75, 3.05) is 64.7 Å². The summed E-state index contributed by atoms with van der Waals surface area (Å²) in [5.41, 5.74) is 2.27. The molecule has 6 heterocycles. The van der Waals surface area contributed by atoms with Crippen LogP contribution >= 0.6 is 0 Å². The number of halogens is 1. The molecule has 8 rings (SSSR count). The van der Waals surface area contributed by atoms with Crippen molar-refractivity contribution in [2.45, 2.75) is 83.4 Å². The van der Waals surface area contributed by atoms with Gasteiger partial charge < -0.3 is 29.0 Å². The third-order valence-corrected chi connectivity index (χ3v) is 11.7. The zero-order valence-corrected chi connectivity index (χ0v) is 29.6. The number of rotatable bonds is 7. The van der Waals surface area contributed by atoms with E-state index >= 15 is 4.39 Å². The molecule has 3 atom stereocenters. The molecule has 3 aliphatic heterocycles. The van der Waals surface area contributed by atoms with Crippen LogP contribution in [0.4, 0.5) is 10.2 Å². The van der Waals surface area contributed by atoms with Crippen LogP contribution in [0.5, 0.6) is 11.9 Å². The molecule has 4 aliphatic rings. The Morgan fingerprint density at radius 1 is 1.06 bits per heavy atom. The molecule has 1 saturated carbocycles. The fourth-order valence-electron chi connectivity index (χ4n) is 9.13. The number of aromatic nitrogens is 5. The molecular formula is C37H48FN7O5. The van der Waals surface area contributed by atoms with Crippen LogP contribution in [0.15, 0.2) is 12.3 Å². The summed E-state index contributed by atoms with van der Waals surface area (Å²) in [6.07, 6.45) is 9.39. The van der Waals surface area contributed by atoms with Gasteiger partial charge in [-0.3, -0.25) is 10.00 Å². The van der Waals surface area contributed by atoms with Gasteiger partial charge in [0.1, 0.15) is 28.0 Å². The molecule has 0 radical (unpaired) electrons. The Balaban J connectivity index is 1.24. The van der Waals surface area contributed by atoms with Crippen LogP contribution in [0.1, 0.15) is 63.0 Å². The molecule has 0 amide bonds. The maximum absolute atomic E-state index is 17.2. The van der Waals surface area contributed by atoms with E-state index in [0.717, 1.165) is 86.7 Å². The SMILES string of the molecule is COc1nc(-c2c(C)c(C)cc3[nH]ncc23)c(F)c2nc(OCC34CCCC3N(C3CCOCC3)CCC4)nc(N3CCOC[C@@](C)(O)C3)c12. The van der Waals surface area contributed by atoms with Crippen LogP contribution in [0.3, 0.4) is 0 Å². The number of hydrogen-bond donors (Lipinski definition) is 2. The van der Waals surface area contributed by atoms with E-state index in [2.05, 4.69) is 15.1 Å². The first kappa shape index (κ1) is 33.5. The lowest BCUT2D eigenvalue weighted by molar-refractivity contribution is -0.0511. The average Bonchev–Trinajstić information content (AvgIpc) is 3.72. The van der Waals surface area contributed by atoms with Crippen molar-refractivity contribution in [3.63, 3.8) is 0 Å². The third-order valence-electron chi connectivity index (χ3n) is 11.7. The Bertz CT molecular complexity index is 1900. The first-order chi connectivity index (χ1) is 24.2. The Labute approximate surface area is 291 Å².